The maximum Gasteiger partial charge on any atom is 0.249 e. The van der Waals surface area contributed by atoms with Crippen molar-refractivity contribution in [2.24, 2.45) is 5.73 Å². The second-order valence-corrected chi connectivity index (χ2v) is 6.61. The van der Waals surface area contributed by atoms with Crippen molar-refractivity contribution in [3.63, 3.8) is 0 Å². The zero-order valence-electron chi connectivity index (χ0n) is 13.5. The Morgan fingerprint density at radius 2 is 1.96 bits per heavy atom. The van der Waals surface area contributed by atoms with Gasteiger partial charge in [-0.1, -0.05) is 17.7 Å². The largest absolute Gasteiger partial charge is 0.376 e. The van der Waals surface area contributed by atoms with Crippen LogP contribution in [-0.4, -0.2) is 11.7 Å². The molecule has 2 rings (SSSR count). The van der Waals surface area contributed by atoms with Gasteiger partial charge >= 0.3 is 0 Å². The van der Waals surface area contributed by atoms with Crippen molar-refractivity contribution < 1.29 is 4.39 Å². The van der Waals surface area contributed by atoms with Gasteiger partial charge in [-0.05, 0) is 38.5 Å². The predicted octanol–water partition coefficient (Wildman–Crippen LogP) is 2.40. The molecule has 0 aliphatic rings. The summed E-state index contributed by atoms with van der Waals surface area (Å²) >= 11 is 6.11. The Morgan fingerprint density at radius 3 is 2.46 bits per heavy atom. The Balaban J connectivity index is 2.40. The zero-order valence-corrected chi connectivity index (χ0v) is 14.2. The van der Waals surface area contributed by atoms with Gasteiger partial charge in [-0.3, -0.25) is 9.59 Å². The van der Waals surface area contributed by atoms with Crippen LogP contribution in [0, 0.1) is 11.3 Å². The van der Waals surface area contributed by atoms with Gasteiger partial charge in [-0.25, -0.2) is 4.39 Å². The Hall–Kier alpha value is -2.23. The summed E-state index contributed by atoms with van der Waals surface area (Å²) in [5, 5.41) is 11.8. The van der Waals surface area contributed by atoms with E-state index in [0.29, 0.717) is 11.1 Å². The molecule has 0 heterocycles. The Kier molecular flexibility index (Phi) is 4.79. The molecule has 0 aliphatic heterocycles. The first-order valence-corrected chi connectivity index (χ1v) is 7.69. The highest BCUT2D eigenvalue weighted by Gasteiger charge is 2.32. The van der Waals surface area contributed by atoms with Crippen molar-refractivity contribution in [1.82, 2.24) is 0 Å². The van der Waals surface area contributed by atoms with Crippen LogP contribution in [0.2, 0.25) is 5.02 Å². The van der Waals surface area contributed by atoms with E-state index in [0.717, 1.165) is 0 Å². The first-order valence-electron chi connectivity index (χ1n) is 7.31. The Morgan fingerprint density at radius 1 is 1.33 bits per heavy atom. The van der Waals surface area contributed by atoms with Gasteiger partial charge in [0.05, 0.1) is 35.0 Å². The van der Waals surface area contributed by atoms with Gasteiger partial charge in [-0.2, -0.15) is 5.26 Å². The van der Waals surface area contributed by atoms with E-state index in [4.69, 9.17) is 22.6 Å². The minimum absolute atomic E-state index is 0.0196. The highest BCUT2D eigenvalue weighted by Crippen LogP contribution is 2.30. The second kappa shape index (κ2) is 6.34. The molecule has 0 amide bonds. The topological polar surface area (TPSA) is 96.0 Å². The molecule has 7 heteroatoms. The summed E-state index contributed by atoms with van der Waals surface area (Å²) in [4.78, 5) is 23.8. The average molecular weight is 350 g/mol. The highest BCUT2D eigenvalue weighted by atomic mass is 35.5. The molecular formula is C17H17ClFN3O2. The first-order chi connectivity index (χ1) is 11.1. The molecule has 2 unspecified atom stereocenters. The third-order valence-corrected chi connectivity index (χ3v) is 4.44. The molecule has 2 aromatic carbocycles. The number of hydrogen-bond donors (Lipinski definition) is 2. The molecule has 5 nitrogen and oxygen atoms in total. The van der Waals surface area contributed by atoms with Crippen LogP contribution in [0.15, 0.2) is 27.8 Å². The van der Waals surface area contributed by atoms with Crippen LogP contribution >= 0.6 is 11.6 Å². The number of nitriles is 1. The van der Waals surface area contributed by atoms with Gasteiger partial charge in [0, 0.05) is 5.02 Å². The lowest BCUT2D eigenvalue weighted by atomic mass is 9.92. The van der Waals surface area contributed by atoms with Crippen LogP contribution in [0.3, 0.4) is 0 Å². The number of alkyl halides is 1. The Labute approximate surface area is 143 Å². The van der Waals surface area contributed by atoms with Crippen molar-refractivity contribution in [2.75, 3.05) is 5.32 Å². The number of hydrogen-bond acceptors (Lipinski definition) is 5. The number of benzene rings is 1. The van der Waals surface area contributed by atoms with Crippen molar-refractivity contribution in [3.05, 3.63) is 60.4 Å². The lowest BCUT2D eigenvalue weighted by Crippen LogP contribution is -2.46. The van der Waals surface area contributed by atoms with Crippen LogP contribution < -0.4 is 21.9 Å². The van der Waals surface area contributed by atoms with Gasteiger partial charge in [0.1, 0.15) is 5.67 Å². The van der Waals surface area contributed by atoms with Gasteiger partial charge in [-0.15, -0.1) is 0 Å². The van der Waals surface area contributed by atoms with Crippen molar-refractivity contribution in [2.45, 2.75) is 38.5 Å². The molecule has 0 spiro atoms. The number of halogens is 2. The maximum atomic E-state index is 14.0. The van der Waals surface area contributed by atoms with E-state index in [1.54, 1.807) is 6.92 Å². The fraction of sp³-hybridized carbons (Fsp3) is 0.353. The van der Waals surface area contributed by atoms with Gasteiger partial charge in [0.15, 0.2) is 0 Å². The molecule has 24 heavy (non-hydrogen) atoms. The molecule has 0 aromatic heterocycles. The molecule has 0 radical (unpaired) electrons. The van der Waals surface area contributed by atoms with Crippen LogP contribution in [0.4, 0.5) is 10.1 Å². The predicted molar refractivity (Wildman–Crippen MR) is 91.8 cm³/mol. The monoisotopic (exact) mass is 349 g/mol. The Bertz CT molecular complexity index is 889. The summed E-state index contributed by atoms with van der Waals surface area (Å²) in [6.07, 6.45) is 0. The number of nitrogens with zero attached hydrogens (tertiary/aromatic N) is 1. The molecule has 0 bridgehead atoms. The molecule has 126 valence electrons. The SMILES string of the molecule is CC(Nc1c(C(N)c2ccc(C#N)cc2Cl)c(=O)c1=O)C(C)(C)F. The summed E-state index contributed by atoms with van der Waals surface area (Å²) in [7, 11) is 0. The highest BCUT2D eigenvalue weighted by molar-refractivity contribution is 6.31. The summed E-state index contributed by atoms with van der Waals surface area (Å²) in [5.74, 6) is 0. The van der Waals surface area contributed by atoms with Crippen molar-refractivity contribution >= 4 is 17.3 Å². The summed E-state index contributed by atoms with van der Waals surface area (Å²) < 4.78 is 14.0. The molecular weight excluding hydrogens is 333 g/mol. The van der Waals surface area contributed by atoms with Crippen LogP contribution in [0.1, 0.15) is 43.5 Å². The maximum absolute atomic E-state index is 14.0. The molecule has 0 aliphatic carbocycles. The number of rotatable bonds is 5. The van der Waals surface area contributed by atoms with Gasteiger partial charge < -0.3 is 11.1 Å². The van der Waals surface area contributed by atoms with E-state index in [1.165, 1.54) is 32.0 Å². The van der Waals surface area contributed by atoms with Gasteiger partial charge in [0.2, 0.25) is 10.9 Å². The normalized spacial score (nSPS) is 14.2. The zero-order chi connectivity index (χ0) is 18.2. The molecule has 2 atom stereocenters. The fourth-order valence-corrected chi connectivity index (χ4v) is 2.54. The quantitative estimate of drug-likeness (QED) is 0.808. The third-order valence-electron chi connectivity index (χ3n) is 4.11. The molecule has 3 N–H and O–H groups in total. The van der Waals surface area contributed by atoms with Crippen molar-refractivity contribution in [3.8, 4) is 6.07 Å². The van der Waals surface area contributed by atoms with E-state index >= 15 is 0 Å². The molecule has 0 saturated carbocycles. The average Bonchev–Trinajstić information content (AvgIpc) is 2.52. The molecule has 0 fully saturated rings. The summed E-state index contributed by atoms with van der Waals surface area (Å²) in [5.41, 5.74) is 3.92. The van der Waals surface area contributed by atoms with Crippen molar-refractivity contribution in [1.29, 1.82) is 5.26 Å². The van der Waals surface area contributed by atoms with Gasteiger partial charge in [0.25, 0.3) is 0 Å². The number of nitrogens with two attached hydrogens (primary N) is 1. The van der Waals surface area contributed by atoms with Crippen LogP contribution in [0.25, 0.3) is 0 Å². The lowest BCUT2D eigenvalue weighted by Gasteiger charge is -2.28. The molecule has 0 saturated heterocycles. The van der Waals surface area contributed by atoms with E-state index in [1.807, 2.05) is 6.07 Å². The lowest BCUT2D eigenvalue weighted by molar-refractivity contribution is 0.192. The standard InChI is InChI=1S/C17H17ClFN3O2/c1-8(17(2,3)19)22-14-12(15(23)16(14)24)13(21)10-5-4-9(7-20)6-11(10)18/h4-6,8,13,22H,21H2,1-3H3. The van der Waals surface area contributed by atoms with E-state index < -0.39 is 28.6 Å². The van der Waals surface area contributed by atoms with E-state index in [9.17, 15) is 14.0 Å². The van der Waals surface area contributed by atoms with Crippen LogP contribution in [0.5, 0.6) is 0 Å². The minimum Gasteiger partial charge on any atom is -0.376 e. The first kappa shape index (κ1) is 18.1. The minimum atomic E-state index is -1.59. The van der Waals surface area contributed by atoms with Crippen LogP contribution in [-0.2, 0) is 0 Å². The van der Waals surface area contributed by atoms with E-state index in [-0.39, 0.29) is 16.3 Å². The number of nitrogens with one attached hydrogen (secondary N) is 1. The summed E-state index contributed by atoms with van der Waals surface area (Å²) in [6, 6.07) is 4.81. The van der Waals surface area contributed by atoms with E-state index in [2.05, 4.69) is 5.32 Å². The summed E-state index contributed by atoms with van der Waals surface area (Å²) in [6.45, 7) is 4.31. The molecule has 2 aromatic rings. The third kappa shape index (κ3) is 3.18. The smallest absolute Gasteiger partial charge is 0.249 e. The second-order valence-electron chi connectivity index (χ2n) is 6.20. The number of anilines is 1. The fourth-order valence-electron chi connectivity index (χ4n) is 2.24.